The SMILES string of the molecule is CCCCCCC[CH]CC(C)CC. The van der Waals surface area contributed by atoms with Gasteiger partial charge in [0, 0.05) is 0 Å². The van der Waals surface area contributed by atoms with Crippen molar-refractivity contribution in [1.82, 2.24) is 0 Å². The van der Waals surface area contributed by atoms with E-state index < -0.39 is 0 Å². The van der Waals surface area contributed by atoms with Crippen LogP contribution in [0.15, 0.2) is 0 Å². The lowest BCUT2D eigenvalue weighted by Crippen LogP contribution is -1.92. The van der Waals surface area contributed by atoms with Crippen LogP contribution in [0.2, 0.25) is 0 Å². The smallest absolute Gasteiger partial charge is 0.0383 e. The molecule has 0 amide bonds. The second-order valence-corrected chi connectivity index (χ2v) is 4.24. The summed E-state index contributed by atoms with van der Waals surface area (Å²) in [4.78, 5) is 0. The summed E-state index contributed by atoms with van der Waals surface area (Å²) in [6, 6.07) is 0. The second kappa shape index (κ2) is 10.1. The first kappa shape index (κ1) is 13.0. The van der Waals surface area contributed by atoms with Crippen molar-refractivity contribution in [3.63, 3.8) is 0 Å². The Morgan fingerprint density at radius 3 is 2.31 bits per heavy atom. The molecule has 0 saturated heterocycles. The van der Waals surface area contributed by atoms with E-state index in [9.17, 15) is 0 Å². The third-order valence-corrected chi connectivity index (χ3v) is 2.78. The van der Waals surface area contributed by atoms with Crippen molar-refractivity contribution in [1.29, 1.82) is 0 Å². The van der Waals surface area contributed by atoms with Gasteiger partial charge in [0.25, 0.3) is 0 Å². The molecule has 0 bridgehead atoms. The highest BCUT2D eigenvalue weighted by Gasteiger charge is 1.97. The van der Waals surface area contributed by atoms with Crippen LogP contribution in [-0.2, 0) is 0 Å². The largest absolute Gasteiger partial charge is 0.0654 e. The van der Waals surface area contributed by atoms with E-state index in [1.165, 1.54) is 51.4 Å². The molecule has 1 atom stereocenters. The van der Waals surface area contributed by atoms with Crippen molar-refractivity contribution in [3.8, 4) is 0 Å². The Kier molecular flexibility index (Phi) is 10.1. The van der Waals surface area contributed by atoms with Crippen LogP contribution in [-0.4, -0.2) is 0 Å². The number of hydrogen-bond donors (Lipinski definition) is 0. The van der Waals surface area contributed by atoms with Crippen LogP contribution in [0.4, 0.5) is 0 Å². The van der Waals surface area contributed by atoms with Crippen molar-refractivity contribution < 1.29 is 0 Å². The maximum Gasteiger partial charge on any atom is -0.0383 e. The minimum atomic E-state index is 0.899. The summed E-state index contributed by atoms with van der Waals surface area (Å²) < 4.78 is 0. The maximum absolute atomic E-state index is 2.49. The van der Waals surface area contributed by atoms with E-state index in [0.29, 0.717) is 0 Å². The minimum absolute atomic E-state index is 0.899. The second-order valence-electron chi connectivity index (χ2n) is 4.24. The zero-order valence-electron chi connectivity index (χ0n) is 9.81. The lowest BCUT2D eigenvalue weighted by molar-refractivity contribution is 0.532. The molecule has 79 valence electrons. The molecule has 0 aromatic heterocycles. The average molecular weight is 183 g/mol. The summed E-state index contributed by atoms with van der Waals surface area (Å²) in [5, 5.41) is 0. The molecular weight excluding hydrogens is 156 g/mol. The average Bonchev–Trinajstić information content (AvgIpc) is 2.16. The van der Waals surface area contributed by atoms with Crippen molar-refractivity contribution in [2.75, 3.05) is 0 Å². The molecule has 13 heavy (non-hydrogen) atoms. The lowest BCUT2D eigenvalue weighted by Gasteiger charge is -2.06. The quantitative estimate of drug-likeness (QED) is 0.442. The van der Waals surface area contributed by atoms with E-state index in [1.54, 1.807) is 0 Å². The minimum Gasteiger partial charge on any atom is -0.0654 e. The molecule has 0 aliphatic heterocycles. The molecule has 0 heteroatoms. The molecule has 0 N–H and O–H groups in total. The van der Waals surface area contributed by atoms with E-state index in [-0.39, 0.29) is 0 Å². The first-order chi connectivity index (χ1) is 6.31. The molecule has 0 fully saturated rings. The van der Waals surface area contributed by atoms with E-state index in [4.69, 9.17) is 0 Å². The Hall–Kier alpha value is 0. The zero-order valence-corrected chi connectivity index (χ0v) is 9.81. The van der Waals surface area contributed by atoms with Gasteiger partial charge in [0.15, 0.2) is 0 Å². The summed E-state index contributed by atoms with van der Waals surface area (Å²) in [6.45, 7) is 6.89. The predicted octanol–water partition coefficient (Wildman–Crippen LogP) is 4.99. The van der Waals surface area contributed by atoms with E-state index >= 15 is 0 Å². The molecular formula is C13H27. The Morgan fingerprint density at radius 1 is 1.00 bits per heavy atom. The predicted molar refractivity (Wildman–Crippen MR) is 61.7 cm³/mol. The third-order valence-electron chi connectivity index (χ3n) is 2.78. The molecule has 0 aliphatic rings. The fourth-order valence-corrected chi connectivity index (χ4v) is 1.46. The molecule has 0 saturated carbocycles. The first-order valence-electron chi connectivity index (χ1n) is 6.12. The van der Waals surface area contributed by atoms with Crippen LogP contribution in [0.5, 0.6) is 0 Å². The fraction of sp³-hybridized carbons (Fsp3) is 0.923. The normalized spacial score (nSPS) is 13.2. The molecule has 0 nitrogen and oxygen atoms in total. The molecule has 1 radical (unpaired) electrons. The number of rotatable bonds is 9. The molecule has 0 rings (SSSR count). The highest BCUT2D eigenvalue weighted by atomic mass is 14.0. The molecule has 0 aliphatic carbocycles. The third kappa shape index (κ3) is 9.92. The zero-order chi connectivity index (χ0) is 9.94. The van der Waals surface area contributed by atoms with Gasteiger partial charge in [-0.1, -0.05) is 65.7 Å². The Labute approximate surface area is 85.1 Å². The Balaban J connectivity index is 2.91. The van der Waals surface area contributed by atoms with Gasteiger partial charge in [0.1, 0.15) is 0 Å². The highest BCUT2D eigenvalue weighted by Crippen LogP contribution is 2.13. The molecule has 0 spiro atoms. The lowest BCUT2D eigenvalue weighted by atomic mass is 10.00. The van der Waals surface area contributed by atoms with Gasteiger partial charge in [-0.15, -0.1) is 0 Å². The van der Waals surface area contributed by atoms with Gasteiger partial charge in [-0.25, -0.2) is 0 Å². The molecule has 0 aromatic carbocycles. The van der Waals surface area contributed by atoms with E-state index in [2.05, 4.69) is 27.2 Å². The summed E-state index contributed by atoms with van der Waals surface area (Å²) in [7, 11) is 0. The first-order valence-corrected chi connectivity index (χ1v) is 6.12. The van der Waals surface area contributed by atoms with Gasteiger partial charge in [-0.05, 0) is 18.8 Å². The van der Waals surface area contributed by atoms with Crippen LogP contribution in [0, 0.1) is 12.3 Å². The molecule has 1 unspecified atom stereocenters. The van der Waals surface area contributed by atoms with Crippen molar-refractivity contribution in [2.24, 2.45) is 5.92 Å². The van der Waals surface area contributed by atoms with Crippen LogP contribution < -0.4 is 0 Å². The monoisotopic (exact) mass is 183 g/mol. The van der Waals surface area contributed by atoms with Crippen LogP contribution in [0.1, 0.15) is 72.1 Å². The van der Waals surface area contributed by atoms with Gasteiger partial charge >= 0.3 is 0 Å². The van der Waals surface area contributed by atoms with Gasteiger partial charge in [-0.3, -0.25) is 0 Å². The van der Waals surface area contributed by atoms with Crippen molar-refractivity contribution in [2.45, 2.75) is 72.1 Å². The van der Waals surface area contributed by atoms with Crippen LogP contribution in [0.3, 0.4) is 0 Å². The van der Waals surface area contributed by atoms with Crippen molar-refractivity contribution >= 4 is 0 Å². The van der Waals surface area contributed by atoms with Crippen LogP contribution in [0.25, 0.3) is 0 Å². The Morgan fingerprint density at radius 2 is 1.69 bits per heavy atom. The summed E-state index contributed by atoms with van der Waals surface area (Å²) in [6.07, 6.45) is 13.5. The van der Waals surface area contributed by atoms with Gasteiger partial charge in [0.05, 0.1) is 0 Å². The molecule has 0 aromatic rings. The standard InChI is InChI=1S/C13H27/c1-4-6-7-8-9-10-11-12-13(3)5-2/h11,13H,4-10,12H2,1-3H3. The van der Waals surface area contributed by atoms with E-state index in [0.717, 1.165) is 5.92 Å². The summed E-state index contributed by atoms with van der Waals surface area (Å²) in [5.41, 5.74) is 0. The fourth-order valence-electron chi connectivity index (χ4n) is 1.46. The van der Waals surface area contributed by atoms with Crippen molar-refractivity contribution in [3.05, 3.63) is 6.42 Å². The summed E-state index contributed by atoms with van der Waals surface area (Å²) in [5.74, 6) is 0.899. The van der Waals surface area contributed by atoms with Crippen LogP contribution >= 0.6 is 0 Å². The summed E-state index contributed by atoms with van der Waals surface area (Å²) >= 11 is 0. The topological polar surface area (TPSA) is 0 Å². The van der Waals surface area contributed by atoms with Gasteiger partial charge in [-0.2, -0.15) is 0 Å². The number of hydrogen-bond acceptors (Lipinski definition) is 0. The van der Waals surface area contributed by atoms with Gasteiger partial charge < -0.3 is 0 Å². The van der Waals surface area contributed by atoms with Gasteiger partial charge in [0.2, 0.25) is 0 Å². The molecule has 0 heterocycles. The maximum atomic E-state index is 2.49. The Bertz CT molecular complexity index is 86.0. The highest BCUT2D eigenvalue weighted by molar-refractivity contribution is 4.67. The van der Waals surface area contributed by atoms with E-state index in [1.807, 2.05) is 0 Å². The number of unbranched alkanes of at least 4 members (excludes halogenated alkanes) is 6.